The molecule has 1 atom stereocenters. The number of nitrogens with zero attached hydrogens (tertiary/aromatic N) is 1. The minimum Gasteiger partial charge on any atom is -0.310 e. The monoisotopic (exact) mass is 268 g/mol. The lowest BCUT2D eigenvalue weighted by atomic mass is 10.1. The summed E-state index contributed by atoms with van der Waals surface area (Å²) in [6.45, 7) is 8.79. The van der Waals surface area contributed by atoms with E-state index in [2.05, 4.69) is 44.1 Å². The van der Waals surface area contributed by atoms with Crippen molar-refractivity contribution in [3.8, 4) is 0 Å². The fraction of sp³-hybridized carbons (Fsp3) is 0.600. The molecule has 1 unspecified atom stereocenters. The average molecular weight is 269 g/mol. The predicted molar refractivity (Wildman–Crippen MR) is 80.3 cm³/mol. The zero-order valence-electron chi connectivity index (χ0n) is 11.9. The minimum absolute atomic E-state index is 0.355. The van der Waals surface area contributed by atoms with E-state index in [0.29, 0.717) is 12.1 Å². The largest absolute Gasteiger partial charge is 0.310 e. The Labute approximate surface area is 116 Å². The molecule has 0 spiro atoms. The van der Waals surface area contributed by atoms with Gasteiger partial charge in [-0.05, 0) is 65.0 Å². The van der Waals surface area contributed by atoms with Gasteiger partial charge in [-0.3, -0.25) is 0 Å². The summed E-state index contributed by atoms with van der Waals surface area (Å²) in [7, 11) is 2.17. The molecule has 0 saturated heterocycles. The van der Waals surface area contributed by atoms with E-state index in [1.54, 1.807) is 0 Å². The van der Waals surface area contributed by atoms with E-state index in [0.717, 1.165) is 18.1 Å². The summed E-state index contributed by atoms with van der Waals surface area (Å²) in [6.07, 6.45) is 1.17. The van der Waals surface area contributed by atoms with Crippen LogP contribution in [0.1, 0.15) is 38.8 Å². The van der Waals surface area contributed by atoms with Crippen LogP contribution in [0.3, 0.4) is 0 Å². The number of nitrogens with one attached hydrogen (secondary N) is 1. The molecule has 18 heavy (non-hydrogen) atoms. The van der Waals surface area contributed by atoms with Crippen molar-refractivity contribution in [3.63, 3.8) is 0 Å². The summed E-state index contributed by atoms with van der Waals surface area (Å²) in [5, 5.41) is 4.34. The van der Waals surface area contributed by atoms with Crippen LogP contribution in [0.25, 0.3) is 0 Å². The standard InChI is InChI=1S/C15H25ClN2/c1-12(2)18(4)10-6-9-17-13(3)14-7-5-8-15(16)11-14/h5,7-8,11-13,17H,6,9-10H2,1-4H3. The fourth-order valence-electron chi connectivity index (χ4n) is 1.80. The van der Waals surface area contributed by atoms with Crippen LogP contribution in [0, 0.1) is 0 Å². The van der Waals surface area contributed by atoms with Crippen molar-refractivity contribution in [2.75, 3.05) is 20.1 Å². The Hall–Kier alpha value is -0.570. The van der Waals surface area contributed by atoms with Gasteiger partial charge in [-0.1, -0.05) is 23.7 Å². The molecule has 1 aromatic carbocycles. The van der Waals surface area contributed by atoms with Crippen LogP contribution in [0.5, 0.6) is 0 Å². The number of hydrogen-bond acceptors (Lipinski definition) is 2. The van der Waals surface area contributed by atoms with E-state index in [-0.39, 0.29) is 0 Å². The maximum Gasteiger partial charge on any atom is 0.0409 e. The maximum absolute atomic E-state index is 5.99. The van der Waals surface area contributed by atoms with Gasteiger partial charge >= 0.3 is 0 Å². The van der Waals surface area contributed by atoms with Crippen molar-refractivity contribution in [1.82, 2.24) is 10.2 Å². The second-order valence-corrected chi connectivity index (χ2v) is 5.60. The number of rotatable bonds is 7. The zero-order chi connectivity index (χ0) is 13.5. The van der Waals surface area contributed by atoms with Gasteiger partial charge in [0.25, 0.3) is 0 Å². The van der Waals surface area contributed by atoms with Crippen LogP contribution in [0.15, 0.2) is 24.3 Å². The molecular weight excluding hydrogens is 244 g/mol. The van der Waals surface area contributed by atoms with Gasteiger partial charge in [0.1, 0.15) is 0 Å². The number of benzene rings is 1. The van der Waals surface area contributed by atoms with E-state index in [9.17, 15) is 0 Å². The van der Waals surface area contributed by atoms with E-state index >= 15 is 0 Å². The topological polar surface area (TPSA) is 15.3 Å². The Kier molecular flexibility index (Phi) is 6.69. The van der Waals surface area contributed by atoms with Crippen LogP contribution >= 0.6 is 11.6 Å². The Bertz CT molecular complexity index is 352. The molecule has 102 valence electrons. The molecule has 0 amide bonds. The smallest absolute Gasteiger partial charge is 0.0409 e. The Morgan fingerprint density at radius 2 is 2.00 bits per heavy atom. The summed E-state index contributed by atoms with van der Waals surface area (Å²) in [6, 6.07) is 9.03. The lowest BCUT2D eigenvalue weighted by Gasteiger charge is -2.21. The van der Waals surface area contributed by atoms with Gasteiger partial charge in [0.2, 0.25) is 0 Å². The first-order valence-electron chi connectivity index (χ1n) is 6.69. The van der Waals surface area contributed by atoms with Crippen molar-refractivity contribution in [3.05, 3.63) is 34.9 Å². The Morgan fingerprint density at radius 3 is 2.61 bits per heavy atom. The quantitative estimate of drug-likeness (QED) is 0.759. The molecule has 0 aliphatic heterocycles. The van der Waals surface area contributed by atoms with Crippen molar-refractivity contribution >= 4 is 11.6 Å². The van der Waals surface area contributed by atoms with Crippen molar-refractivity contribution < 1.29 is 0 Å². The summed E-state index contributed by atoms with van der Waals surface area (Å²) >= 11 is 5.99. The van der Waals surface area contributed by atoms with E-state index in [4.69, 9.17) is 11.6 Å². The number of hydrogen-bond donors (Lipinski definition) is 1. The van der Waals surface area contributed by atoms with Crippen molar-refractivity contribution in [1.29, 1.82) is 0 Å². The third kappa shape index (κ3) is 5.38. The van der Waals surface area contributed by atoms with Crippen LogP contribution in [0.2, 0.25) is 5.02 Å². The molecule has 0 aliphatic carbocycles. The van der Waals surface area contributed by atoms with E-state index < -0.39 is 0 Å². The highest BCUT2D eigenvalue weighted by Crippen LogP contribution is 2.17. The third-order valence-corrected chi connectivity index (χ3v) is 3.60. The van der Waals surface area contributed by atoms with Gasteiger partial charge in [0, 0.05) is 17.1 Å². The summed E-state index contributed by atoms with van der Waals surface area (Å²) in [5.41, 5.74) is 1.25. The van der Waals surface area contributed by atoms with Gasteiger partial charge < -0.3 is 10.2 Å². The molecule has 0 bridgehead atoms. The fourth-order valence-corrected chi connectivity index (χ4v) is 2.00. The van der Waals surface area contributed by atoms with Crippen LogP contribution in [-0.2, 0) is 0 Å². The first-order valence-corrected chi connectivity index (χ1v) is 7.07. The Morgan fingerprint density at radius 1 is 1.28 bits per heavy atom. The van der Waals surface area contributed by atoms with E-state index in [1.165, 1.54) is 12.0 Å². The number of halogens is 1. The molecule has 0 saturated carbocycles. The molecule has 1 aromatic rings. The normalized spacial score (nSPS) is 13.3. The Balaban J connectivity index is 2.27. The van der Waals surface area contributed by atoms with E-state index in [1.807, 2.05) is 18.2 Å². The average Bonchev–Trinajstić information content (AvgIpc) is 2.33. The molecule has 0 aromatic heterocycles. The van der Waals surface area contributed by atoms with Crippen molar-refractivity contribution in [2.24, 2.45) is 0 Å². The molecule has 1 rings (SSSR count). The predicted octanol–water partition coefficient (Wildman–Crippen LogP) is 3.72. The van der Waals surface area contributed by atoms with Gasteiger partial charge in [-0.25, -0.2) is 0 Å². The van der Waals surface area contributed by atoms with Crippen LogP contribution < -0.4 is 5.32 Å². The van der Waals surface area contributed by atoms with Gasteiger partial charge in [-0.15, -0.1) is 0 Å². The molecule has 0 fully saturated rings. The van der Waals surface area contributed by atoms with Gasteiger partial charge in [-0.2, -0.15) is 0 Å². The summed E-state index contributed by atoms with van der Waals surface area (Å²) in [5.74, 6) is 0. The highest BCUT2D eigenvalue weighted by Gasteiger charge is 2.06. The van der Waals surface area contributed by atoms with Crippen molar-refractivity contribution in [2.45, 2.75) is 39.3 Å². The second-order valence-electron chi connectivity index (χ2n) is 5.16. The molecule has 0 aliphatic rings. The maximum atomic E-state index is 5.99. The highest BCUT2D eigenvalue weighted by atomic mass is 35.5. The first kappa shape index (κ1) is 15.5. The molecule has 0 radical (unpaired) electrons. The molecule has 1 N–H and O–H groups in total. The highest BCUT2D eigenvalue weighted by molar-refractivity contribution is 6.30. The molecule has 0 heterocycles. The lowest BCUT2D eigenvalue weighted by molar-refractivity contribution is 0.268. The second kappa shape index (κ2) is 7.78. The first-order chi connectivity index (χ1) is 8.50. The SMILES string of the molecule is CC(NCCCN(C)C(C)C)c1cccc(Cl)c1. The summed E-state index contributed by atoms with van der Waals surface area (Å²) in [4.78, 5) is 2.37. The van der Waals surface area contributed by atoms with Gasteiger partial charge in [0.15, 0.2) is 0 Å². The molecule has 2 nitrogen and oxygen atoms in total. The molecule has 3 heteroatoms. The minimum atomic E-state index is 0.355. The molecular formula is C15H25ClN2. The van der Waals surface area contributed by atoms with Gasteiger partial charge in [0.05, 0.1) is 0 Å². The summed E-state index contributed by atoms with van der Waals surface area (Å²) < 4.78 is 0. The third-order valence-electron chi connectivity index (χ3n) is 3.37. The van der Waals surface area contributed by atoms with Crippen LogP contribution in [0.4, 0.5) is 0 Å². The lowest BCUT2D eigenvalue weighted by Crippen LogP contribution is -2.30. The van der Waals surface area contributed by atoms with Crippen LogP contribution in [-0.4, -0.2) is 31.1 Å². The zero-order valence-corrected chi connectivity index (χ0v) is 12.7.